The number of aromatic nitrogens is 3. The lowest BCUT2D eigenvalue weighted by atomic mass is 10.0. The van der Waals surface area contributed by atoms with Gasteiger partial charge in [-0.3, -0.25) is 4.79 Å². The number of ether oxygens (including phenoxy) is 2. The molecule has 32 heavy (non-hydrogen) atoms. The summed E-state index contributed by atoms with van der Waals surface area (Å²) in [7, 11) is 1.56. The topological polar surface area (TPSA) is 101 Å². The minimum atomic E-state index is -0.354. The summed E-state index contributed by atoms with van der Waals surface area (Å²) in [6.45, 7) is 2.52. The number of carbonyl (C=O) groups is 2. The summed E-state index contributed by atoms with van der Waals surface area (Å²) in [5.41, 5.74) is 2.76. The smallest absolute Gasteiger partial charge is 0.410 e. The zero-order valence-electron chi connectivity index (χ0n) is 17.5. The third-order valence-electron chi connectivity index (χ3n) is 6.12. The quantitative estimate of drug-likeness (QED) is 0.649. The van der Waals surface area contributed by atoms with E-state index in [-0.39, 0.29) is 30.4 Å². The normalized spacial score (nSPS) is 19.9. The molecule has 10 heteroatoms. The molecule has 5 rings (SSSR count). The maximum absolute atomic E-state index is 12.9. The number of rotatable bonds is 4. The molecule has 1 N–H and O–H groups in total. The second-order valence-electron chi connectivity index (χ2n) is 8.22. The van der Waals surface area contributed by atoms with Gasteiger partial charge in [0.2, 0.25) is 0 Å². The van der Waals surface area contributed by atoms with Crippen LogP contribution in [0.1, 0.15) is 15.9 Å². The molecule has 0 saturated carbocycles. The monoisotopic (exact) mass is 455 g/mol. The second-order valence-corrected chi connectivity index (χ2v) is 8.65. The van der Waals surface area contributed by atoms with Crippen molar-refractivity contribution in [2.45, 2.75) is 6.61 Å². The molecule has 2 aliphatic rings. The van der Waals surface area contributed by atoms with Gasteiger partial charge in [0.25, 0.3) is 5.91 Å². The van der Waals surface area contributed by atoms with Gasteiger partial charge in [-0.25, -0.2) is 4.79 Å². The highest BCUT2D eigenvalue weighted by Crippen LogP contribution is 2.32. The third-order valence-corrected chi connectivity index (χ3v) is 6.34. The van der Waals surface area contributed by atoms with Crippen LogP contribution in [0, 0.1) is 11.8 Å². The van der Waals surface area contributed by atoms with Crippen LogP contribution in [0.3, 0.4) is 0 Å². The Labute approximate surface area is 189 Å². The van der Waals surface area contributed by atoms with E-state index in [1.807, 2.05) is 4.90 Å². The first-order valence-corrected chi connectivity index (χ1v) is 10.7. The van der Waals surface area contributed by atoms with Crippen molar-refractivity contribution in [3.05, 3.63) is 52.5 Å². The first-order valence-electron chi connectivity index (χ1n) is 10.3. The predicted octanol–water partition coefficient (Wildman–Crippen LogP) is 2.96. The zero-order chi connectivity index (χ0) is 22.2. The standard InChI is InChI=1S/C22H22ClN5O4/c1-31-18-5-13(4-17(23)7-18)12-32-22(30)28-10-15-8-27(9-16(15)11-28)21(29)14-2-3-19-20(6-14)25-26-24-19/h2-7,15-16H,8-12H2,1H3,(H,24,25,26). The molecule has 2 aromatic carbocycles. The summed E-state index contributed by atoms with van der Waals surface area (Å²) in [5.74, 6) is 1.09. The van der Waals surface area contributed by atoms with E-state index in [2.05, 4.69) is 15.4 Å². The van der Waals surface area contributed by atoms with Crippen molar-refractivity contribution in [3.63, 3.8) is 0 Å². The molecule has 0 spiro atoms. The van der Waals surface area contributed by atoms with Crippen LogP contribution in [0.25, 0.3) is 11.0 Å². The fraction of sp³-hybridized carbons (Fsp3) is 0.364. The summed E-state index contributed by atoms with van der Waals surface area (Å²) in [5, 5.41) is 11.2. The largest absolute Gasteiger partial charge is 0.497 e. The van der Waals surface area contributed by atoms with E-state index in [0.29, 0.717) is 48.0 Å². The highest BCUT2D eigenvalue weighted by atomic mass is 35.5. The predicted molar refractivity (Wildman–Crippen MR) is 117 cm³/mol. The summed E-state index contributed by atoms with van der Waals surface area (Å²) in [4.78, 5) is 29.1. The number of methoxy groups -OCH3 is 1. The second kappa shape index (κ2) is 8.31. The SMILES string of the molecule is COc1cc(Cl)cc(COC(=O)N2CC3CN(C(=O)c4ccc5n[nH]nc5c4)CC3C2)c1. The molecule has 2 atom stereocenters. The Morgan fingerprint density at radius 3 is 2.50 bits per heavy atom. The van der Waals surface area contributed by atoms with Gasteiger partial charge in [-0.1, -0.05) is 11.6 Å². The van der Waals surface area contributed by atoms with Gasteiger partial charge >= 0.3 is 6.09 Å². The fourth-order valence-electron chi connectivity index (χ4n) is 4.52. The highest BCUT2D eigenvalue weighted by molar-refractivity contribution is 6.30. The summed E-state index contributed by atoms with van der Waals surface area (Å²) < 4.78 is 10.7. The van der Waals surface area contributed by atoms with Gasteiger partial charge in [-0.15, -0.1) is 0 Å². The van der Waals surface area contributed by atoms with E-state index in [1.54, 1.807) is 48.4 Å². The number of benzene rings is 2. The lowest BCUT2D eigenvalue weighted by Gasteiger charge is -2.21. The van der Waals surface area contributed by atoms with Crippen LogP contribution < -0.4 is 4.74 Å². The zero-order valence-corrected chi connectivity index (χ0v) is 18.2. The Balaban J connectivity index is 1.16. The van der Waals surface area contributed by atoms with Crippen molar-refractivity contribution in [3.8, 4) is 5.75 Å². The summed E-state index contributed by atoms with van der Waals surface area (Å²) in [6, 6.07) is 10.6. The molecule has 2 unspecified atom stereocenters. The molecule has 3 aromatic rings. The molecular weight excluding hydrogens is 434 g/mol. The number of aromatic amines is 1. The van der Waals surface area contributed by atoms with Crippen LogP contribution in [0.2, 0.25) is 5.02 Å². The number of fused-ring (bicyclic) bond motifs is 2. The Bertz CT molecular complexity index is 1170. The molecule has 0 radical (unpaired) electrons. The van der Waals surface area contributed by atoms with Crippen LogP contribution >= 0.6 is 11.6 Å². The Hall–Kier alpha value is -3.33. The number of amides is 2. The van der Waals surface area contributed by atoms with Crippen molar-refractivity contribution < 1.29 is 19.1 Å². The highest BCUT2D eigenvalue weighted by Gasteiger charge is 2.43. The van der Waals surface area contributed by atoms with Crippen LogP contribution in [0.15, 0.2) is 36.4 Å². The number of nitrogens with one attached hydrogen (secondary N) is 1. The van der Waals surface area contributed by atoms with Crippen molar-refractivity contribution >= 4 is 34.6 Å². The Morgan fingerprint density at radius 2 is 1.75 bits per heavy atom. The first-order chi connectivity index (χ1) is 15.5. The molecule has 0 aliphatic carbocycles. The van der Waals surface area contributed by atoms with E-state index in [4.69, 9.17) is 21.1 Å². The van der Waals surface area contributed by atoms with E-state index >= 15 is 0 Å². The number of hydrogen-bond donors (Lipinski definition) is 1. The van der Waals surface area contributed by atoms with E-state index in [9.17, 15) is 9.59 Å². The Morgan fingerprint density at radius 1 is 1.03 bits per heavy atom. The number of likely N-dealkylation sites (tertiary alicyclic amines) is 2. The van der Waals surface area contributed by atoms with Crippen molar-refractivity contribution in [1.29, 1.82) is 0 Å². The van der Waals surface area contributed by atoms with Gasteiger partial charge in [-0.2, -0.15) is 15.4 Å². The number of halogens is 1. The van der Waals surface area contributed by atoms with Crippen LogP contribution in [-0.2, 0) is 11.3 Å². The van der Waals surface area contributed by atoms with E-state index in [0.717, 1.165) is 11.1 Å². The molecule has 0 bridgehead atoms. The molecule has 9 nitrogen and oxygen atoms in total. The average molecular weight is 456 g/mol. The molecular formula is C22H22ClN5O4. The van der Waals surface area contributed by atoms with Crippen molar-refractivity contribution in [2.75, 3.05) is 33.3 Å². The molecule has 2 saturated heterocycles. The number of nitrogens with zero attached hydrogens (tertiary/aromatic N) is 4. The molecule has 1 aromatic heterocycles. The third kappa shape index (κ3) is 3.95. The van der Waals surface area contributed by atoms with Crippen molar-refractivity contribution in [2.24, 2.45) is 11.8 Å². The summed E-state index contributed by atoms with van der Waals surface area (Å²) in [6.07, 6.45) is -0.354. The lowest BCUT2D eigenvalue weighted by Crippen LogP contribution is -2.35. The van der Waals surface area contributed by atoms with E-state index < -0.39 is 0 Å². The van der Waals surface area contributed by atoms with Gasteiger partial charge in [0.05, 0.1) is 7.11 Å². The lowest BCUT2D eigenvalue weighted by molar-refractivity contribution is 0.0764. The first kappa shape index (κ1) is 20.6. The van der Waals surface area contributed by atoms with Crippen molar-refractivity contribution in [1.82, 2.24) is 25.2 Å². The number of hydrogen-bond acceptors (Lipinski definition) is 6. The van der Waals surface area contributed by atoms with Gasteiger partial charge in [-0.05, 0) is 42.0 Å². The minimum absolute atomic E-state index is 0.0201. The molecule has 2 fully saturated rings. The van der Waals surface area contributed by atoms with Gasteiger partial charge in [0.1, 0.15) is 23.4 Å². The van der Waals surface area contributed by atoms with Crippen LogP contribution in [-0.4, -0.2) is 70.5 Å². The number of carbonyl (C=O) groups excluding carboxylic acids is 2. The fourth-order valence-corrected chi connectivity index (χ4v) is 4.77. The van der Waals surface area contributed by atoms with Crippen LogP contribution in [0.5, 0.6) is 5.75 Å². The molecule has 2 aliphatic heterocycles. The summed E-state index contributed by atoms with van der Waals surface area (Å²) >= 11 is 6.07. The number of H-pyrrole nitrogens is 1. The molecule has 3 heterocycles. The van der Waals surface area contributed by atoms with E-state index in [1.165, 1.54) is 0 Å². The maximum Gasteiger partial charge on any atom is 0.410 e. The molecule has 166 valence electrons. The Kier molecular flexibility index (Phi) is 5.34. The average Bonchev–Trinajstić information content (AvgIpc) is 3.50. The van der Waals surface area contributed by atoms with Crippen LogP contribution in [0.4, 0.5) is 4.79 Å². The minimum Gasteiger partial charge on any atom is -0.497 e. The van der Waals surface area contributed by atoms with Gasteiger partial charge in [0, 0.05) is 48.6 Å². The maximum atomic E-state index is 12.9. The molecule has 2 amide bonds. The van der Waals surface area contributed by atoms with Gasteiger partial charge < -0.3 is 19.3 Å². The van der Waals surface area contributed by atoms with Gasteiger partial charge in [0.15, 0.2) is 0 Å².